The summed E-state index contributed by atoms with van der Waals surface area (Å²) in [6.45, 7) is 3.95. The molecule has 0 aliphatic carbocycles. The number of carbonyl (C=O) groups is 2. The van der Waals surface area contributed by atoms with E-state index in [-0.39, 0.29) is 11.8 Å². The Morgan fingerprint density at radius 2 is 1.41 bits per heavy atom. The van der Waals surface area contributed by atoms with Crippen molar-refractivity contribution in [2.45, 2.75) is 6.92 Å². The largest absolute Gasteiger partial charge is 0.497 e. The average molecular weight is 368 g/mol. The molecule has 6 heteroatoms. The summed E-state index contributed by atoms with van der Waals surface area (Å²) < 4.78 is 10.5. The van der Waals surface area contributed by atoms with Crippen molar-refractivity contribution in [1.29, 1.82) is 0 Å². The molecule has 0 spiro atoms. The second kappa shape index (κ2) is 8.12. The third-order valence-corrected chi connectivity index (χ3v) is 4.78. The normalized spacial score (nSPS) is 14.0. The Balaban J connectivity index is 1.65. The molecule has 142 valence electrons. The number of ether oxygens (including phenoxy) is 2. The van der Waals surface area contributed by atoms with E-state index in [0.29, 0.717) is 48.8 Å². The van der Waals surface area contributed by atoms with Gasteiger partial charge in [0.05, 0.1) is 19.8 Å². The van der Waals surface area contributed by atoms with Crippen LogP contribution in [0.5, 0.6) is 11.5 Å². The number of amides is 2. The maximum atomic E-state index is 12.9. The molecule has 0 atom stereocenters. The van der Waals surface area contributed by atoms with Crippen molar-refractivity contribution in [2.75, 3.05) is 40.4 Å². The Morgan fingerprint density at radius 3 is 1.96 bits per heavy atom. The Morgan fingerprint density at radius 1 is 0.815 bits per heavy atom. The third kappa shape index (κ3) is 4.05. The van der Waals surface area contributed by atoms with Crippen LogP contribution in [0, 0.1) is 6.92 Å². The summed E-state index contributed by atoms with van der Waals surface area (Å²) in [6.07, 6.45) is 0. The number of benzene rings is 2. The molecule has 0 radical (unpaired) electrons. The number of methoxy groups -OCH3 is 2. The summed E-state index contributed by atoms with van der Waals surface area (Å²) in [6, 6.07) is 12.6. The lowest BCUT2D eigenvalue weighted by molar-refractivity contribution is 0.0533. The summed E-state index contributed by atoms with van der Waals surface area (Å²) in [5, 5.41) is 0. The SMILES string of the molecule is COc1ccc(C(=O)N2CCN(C(=O)c3cc(C)ccc3OC)CC2)cc1. The monoisotopic (exact) mass is 368 g/mol. The molecule has 2 aromatic rings. The lowest BCUT2D eigenvalue weighted by Gasteiger charge is -2.35. The van der Waals surface area contributed by atoms with E-state index in [4.69, 9.17) is 9.47 Å². The molecule has 27 heavy (non-hydrogen) atoms. The molecule has 1 fully saturated rings. The molecule has 2 amide bonds. The van der Waals surface area contributed by atoms with E-state index < -0.39 is 0 Å². The fourth-order valence-corrected chi connectivity index (χ4v) is 3.19. The maximum absolute atomic E-state index is 12.9. The Kier molecular flexibility index (Phi) is 5.64. The van der Waals surface area contributed by atoms with E-state index in [1.54, 1.807) is 48.3 Å². The van der Waals surface area contributed by atoms with Gasteiger partial charge in [0.1, 0.15) is 11.5 Å². The first-order chi connectivity index (χ1) is 13.0. The smallest absolute Gasteiger partial charge is 0.257 e. The highest BCUT2D eigenvalue weighted by atomic mass is 16.5. The van der Waals surface area contributed by atoms with Crippen molar-refractivity contribution in [2.24, 2.45) is 0 Å². The van der Waals surface area contributed by atoms with Gasteiger partial charge in [-0.3, -0.25) is 9.59 Å². The van der Waals surface area contributed by atoms with Crippen molar-refractivity contribution in [1.82, 2.24) is 9.80 Å². The van der Waals surface area contributed by atoms with Gasteiger partial charge in [0.15, 0.2) is 0 Å². The Bertz CT molecular complexity index is 825. The number of hydrogen-bond donors (Lipinski definition) is 0. The van der Waals surface area contributed by atoms with Crippen LogP contribution in [-0.4, -0.2) is 62.0 Å². The molecular formula is C21H24N2O4. The minimum absolute atomic E-state index is 0.0297. The molecule has 2 aromatic carbocycles. The lowest BCUT2D eigenvalue weighted by atomic mass is 10.1. The standard InChI is InChI=1S/C21H24N2O4/c1-15-4-9-19(27-3)18(14-15)21(25)23-12-10-22(11-13-23)20(24)16-5-7-17(26-2)8-6-16/h4-9,14H,10-13H2,1-3H3. The number of hydrogen-bond acceptors (Lipinski definition) is 4. The van der Waals surface area contributed by atoms with Crippen molar-refractivity contribution in [3.8, 4) is 11.5 Å². The molecule has 3 rings (SSSR count). The fraction of sp³-hybridized carbons (Fsp3) is 0.333. The molecule has 1 aliphatic heterocycles. The second-order valence-corrected chi connectivity index (χ2v) is 6.52. The highest BCUT2D eigenvalue weighted by Crippen LogP contribution is 2.22. The van der Waals surface area contributed by atoms with Crippen LogP contribution < -0.4 is 9.47 Å². The van der Waals surface area contributed by atoms with E-state index in [2.05, 4.69) is 0 Å². The van der Waals surface area contributed by atoms with Crippen molar-refractivity contribution >= 4 is 11.8 Å². The Hall–Kier alpha value is -3.02. The van der Waals surface area contributed by atoms with Crippen LogP contribution in [0.3, 0.4) is 0 Å². The summed E-state index contributed by atoms with van der Waals surface area (Å²) in [5.41, 5.74) is 2.19. The van der Waals surface area contributed by atoms with Gasteiger partial charge in [0.2, 0.25) is 0 Å². The third-order valence-electron chi connectivity index (χ3n) is 4.78. The zero-order chi connectivity index (χ0) is 19.4. The van der Waals surface area contributed by atoms with Gasteiger partial charge in [-0.15, -0.1) is 0 Å². The van der Waals surface area contributed by atoms with Gasteiger partial charge < -0.3 is 19.3 Å². The number of carbonyl (C=O) groups excluding carboxylic acids is 2. The van der Waals surface area contributed by atoms with E-state index in [0.717, 1.165) is 5.56 Å². The number of rotatable bonds is 4. The molecule has 0 unspecified atom stereocenters. The van der Waals surface area contributed by atoms with Crippen LogP contribution in [0.2, 0.25) is 0 Å². The molecule has 0 aromatic heterocycles. The first-order valence-electron chi connectivity index (χ1n) is 8.90. The topological polar surface area (TPSA) is 59.1 Å². The van der Waals surface area contributed by atoms with Gasteiger partial charge in [-0.25, -0.2) is 0 Å². The van der Waals surface area contributed by atoms with Gasteiger partial charge in [0, 0.05) is 31.7 Å². The first-order valence-corrected chi connectivity index (χ1v) is 8.90. The predicted octanol–water partition coefficient (Wildman–Crippen LogP) is 2.61. The minimum atomic E-state index is -0.0629. The number of piperazine rings is 1. The molecule has 0 bridgehead atoms. The van der Waals surface area contributed by atoms with Gasteiger partial charge in [-0.05, 0) is 43.3 Å². The molecule has 1 saturated heterocycles. The molecule has 1 heterocycles. The highest BCUT2D eigenvalue weighted by molar-refractivity contribution is 5.98. The summed E-state index contributed by atoms with van der Waals surface area (Å²) >= 11 is 0. The van der Waals surface area contributed by atoms with Gasteiger partial charge in [-0.1, -0.05) is 11.6 Å². The van der Waals surface area contributed by atoms with E-state index in [1.807, 2.05) is 25.1 Å². The number of nitrogens with zero attached hydrogens (tertiary/aromatic N) is 2. The lowest BCUT2D eigenvalue weighted by Crippen LogP contribution is -2.50. The van der Waals surface area contributed by atoms with Crippen LogP contribution in [-0.2, 0) is 0 Å². The van der Waals surface area contributed by atoms with Crippen LogP contribution in [0.4, 0.5) is 0 Å². The molecule has 0 saturated carbocycles. The minimum Gasteiger partial charge on any atom is -0.497 e. The molecule has 0 N–H and O–H groups in total. The zero-order valence-electron chi connectivity index (χ0n) is 15.9. The van der Waals surface area contributed by atoms with Crippen LogP contribution in [0.1, 0.15) is 26.3 Å². The summed E-state index contributed by atoms with van der Waals surface area (Å²) in [5.74, 6) is 1.20. The van der Waals surface area contributed by atoms with E-state index in [9.17, 15) is 9.59 Å². The van der Waals surface area contributed by atoms with E-state index in [1.165, 1.54) is 0 Å². The zero-order valence-corrected chi connectivity index (χ0v) is 15.9. The molecule has 1 aliphatic rings. The van der Waals surface area contributed by atoms with Crippen molar-refractivity contribution in [3.05, 3.63) is 59.2 Å². The van der Waals surface area contributed by atoms with Gasteiger partial charge in [-0.2, -0.15) is 0 Å². The average Bonchev–Trinajstić information content (AvgIpc) is 2.73. The maximum Gasteiger partial charge on any atom is 0.257 e. The van der Waals surface area contributed by atoms with Gasteiger partial charge >= 0.3 is 0 Å². The van der Waals surface area contributed by atoms with Crippen LogP contribution in [0.25, 0.3) is 0 Å². The van der Waals surface area contributed by atoms with Crippen LogP contribution >= 0.6 is 0 Å². The summed E-state index contributed by atoms with van der Waals surface area (Å²) in [4.78, 5) is 29.1. The van der Waals surface area contributed by atoms with E-state index >= 15 is 0 Å². The molecule has 6 nitrogen and oxygen atoms in total. The first kappa shape index (κ1) is 18.8. The fourth-order valence-electron chi connectivity index (χ4n) is 3.19. The molecular weight excluding hydrogens is 344 g/mol. The number of aryl methyl sites for hydroxylation is 1. The van der Waals surface area contributed by atoms with Crippen LogP contribution in [0.15, 0.2) is 42.5 Å². The quantitative estimate of drug-likeness (QED) is 0.832. The summed E-state index contributed by atoms with van der Waals surface area (Å²) in [7, 11) is 3.16. The van der Waals surface area contributed by atoms with Crippen molar-refractivity contribution < 1.29 is 19.1 Å². The second-order valence-electron chi connectivity index (χ2n) is 6.52. The highest BCUT2D eigenvalue weighted by Gasteiger charge is 2.27. The predicted molar refractivity (Wildman–Crippen MR) is 103 cm³/mol. The van der Waals surface area contributed by atoms with Gasteiger partial charge in [0.25, 0.3) is 11.8 Å². The Labute approximate surface area is 159 Å². The van der Waals surface area contributed by atoms with Crippen molar-refractivity contribution in [3.63, 3.8) is 0 Å².